The molecule has 0 bridgehead atoms. The molecule has 1 unspecified atom stereocenters. The molecule has 0 saturated heterocycles. The molecule has 3 nitrogen and oxygen atoms in total. The number of carbonyl (C=O) groups excluding carboxylic acids is 1. The molecule has 88 valence electrons. The van der Waals surface area contributed by atoms with E-state index in [-0.39, 0.29) is 16.9 Å². The van der Waals surface area contributed by atoms with Crippen LogP contribution in [0.15, 0.2) is 41.8 Å². The van der Waals surface area contributed by atoms with Crippen LogP contribution in [0.3, 0.4) is 0 Å². The number of hydrogen-bond acceptors (Lipinski definition) is 3. The highest BCUT2D eigenvalue weighted by Gasteiger charge is 2.17. The Morgan fingerprint density at radius 3 is 2.71 bits per heavy atom. The minimum atomic E-state index is -0.340. The zero-order chi connectivity index (χ0) is 12.3. The van der Waals surface area contributed by atoms with Crippen LogP contribution in [0.1, 0.15) is 17.3 Å². The predicted molar refractivity (Wildman–Crippen MR) is 64.6 cm³/mol. The van der Waals surface area contributed by atoms with Gasteiger partial charge in [-0.1, -0.05) is 11.8 Å². The van der Waals surface area contributed by atoms with Crippen LogP contribution >= 0.6 is 11.8 Å². The molecule has 17 heavy (non-hydrogen) atoms. The number of nitrogens with one attached hydrogen (secondary N) is 1. The number of hydrogen-bond donors (Lipinski definition) is 1. The molecule has 1 aromatic heterocycles. The Kier molecular flexibility index (Phi) is 3.58. The van der Waals surface area contributed by atoms with Crippen molar-refractivity contribution in [3.05, 3.63) is 48.0 Å². The number of halogens is 1. The molecule has 0 spiro atoms. The van der Waals surface area contributed by atoms with E-state index in [1.54, 1.807) is 19.3 Å². The van der Waals surface area contributed by atoms with Crippen molar-refractivity contribution in [2.24, 2.45) is 0 Å². The van der Waals surface area contributed by atoms with Gasteiger partial charge in [-0.15, -0.1) is 0 Å². The van der Waals surface area contributed by atoms with Gasteiger partial charge in [-0.2, -0.15) is 0 Å². The summed E-state index contributed by atoms with van der Waals surface area (Å²) in [5.41, 5.74) is 0.512. The predicted octanol–water partition coefficient (Wildman–Crippen LogP) is 2.91. The quantitative estimate of drug-likeness (QED) is 0.670. The average Bonchev–Trinajstić information content (AvgIpc) is 2.82. The van der Waals surface area contributed by atoms with Gasteiger partial charge < -0.3 is 4.98 Å². The number of benzene rings is 1. The first-order valence-electron chi connectivity index (χ1n) is 5.12. The Bertz CT molecular complexity index is 496. The summed E-state index contributed by atoms with van der Waals surface area (Å²) in [4.78, 5) is 19.0. The van der Waals surface area contributed by atoms with Gasteiger partial charge in [0.1, 0.15) is 5.82 Å². The first-order valence-corrected chi connectivity index (χ1v) is 6.00. The van der Waals surface area contributed by atoms with Gasteiger partial charge in [0.2, 0.25) is 0 Å². The zero-order valence-corrected chi connectivity index (χ0v) is 10.00. The highest BCUT2D eigenvalue weighted by atomic mass is 32.2. The van der Waals surface area contributed by atoms with Crippen molar-refractivity contribution in [3.8, 4) is 0 Å². The maximum Gasteiger partial charge on any atom is 0.175 e. The lowest BCUT2D eigenvalue weighted by molar-refractivity contribution is 0.0994. The van der Waals surface area contributed by atoms with Crippen LogP contribution in [0.25, 0.3) is 0 Å². The molecule has 0 amide bonds. The number of H-pyrrole nitrogens is 1. The van der Waals surface area contributed by atoms with E-state index in [1.807, 2.05) is 0 Å². The zero-order valence-electron chi connectivity index (χ0n) is 9.18. The van der Waals surface area contributed by atoms with Gasteiger partial charge in [0, 0.05) is 18.0 Å². The fraction of sp³-hybridized carbons (Fsp3) is 0.167. The molecule has 2 rings (SSSR count). The molecule has 0 aliphatic rings. The van der Waals surface area contributed by atoms with Gasteiger partial charge in [0.05, 0.1) is 5.25 Å². The normalized spacial score (nSPS) is 12.4. The van der Waals surface area contributed by atoms with E-state index in [2.05, 4.69) is 9.97 Å². The summed E-state index contributed by atoms with van der Waals surface area (Å²) in [5.74, 6) is -0.376. The number of carbonyl (C=O) groups is 1. The molecule has 1 aromatic carbocycles. The topological polar surface area (TPSA) is 45.8 Å². The Balaban J connectivity index is 2.07. The summed E-state index contributed by atoms with van der Waals surface area (Å²) in [5, 5.41) is 0.444. The molecule has 0 aliphatic carbocycles. The second-order valence-electron chi connectivity index (χ2n) is 3.53. The van der Waals surface area contributed by atoms with Crippen molar-refractivity contribution in [3.63, 3.8) is 0 Å². The third-order valence-electron chi connectivity index (χ3n) is 2.26. The number of rotatable bonds is 4. The Hall–Kier alpha value is -1.62. The van der Waals surface area contributed by atoms with Crippen LogP contribution in [-0.4, -0.2) is 21.0 Å². The summed E-state index contributed by atoms with van der Waals surface area (Å²) >= 11 is 1.35. The third kappa shape index (κ3) is 2.94. The summed E-state index contributed by atoms with van der Waals surface area (Å²) in [7, 11) is 0. The Labute approximate surface area is 102 Å². The average molecular weight is 250 g/mol. The minimum absolute atomic E-state index is 0.0357. The van der Waals surface area contributed by atoms with Crippen LogP contribution in [0.2, 0.25) is 0 Å². The van der Waals surface area contributed by atoms with Crippen molar-refractivity contribution in [1.82, 2.24) is 9.97 Å². The van der Waals surface area contributed by atoms with Crippen LogP contribution in [-0.2, 0) is 0 Å². The Morgan fingerprint density at radius 2 is 2.12 bits per heavy atom. The van der Waals surface area contributed by atoms with Crippen LogP contribution in [0, 0.1) is 5.82 Å². The van der Waals surface area contributed by atoms with Crippen LogP contribution < -0.4 is 0 Å². The standard InChI is InChI=1S/C12H11FN2OS/c1-8(17-12-14-6-7-15-12)11(16)9-2-4-10(13)5-3-9/h2-8H,1H3,(H,14,15). The first-order chi connectivity index (χ1) is 8.16. The summed E-state index contributed by atoms with van der Waals surface area (Å²) in [6.07, 6.45) is 3.34. The number of aromatic amines is 1. The van der Waals surface area contributed by atoms with Gasteiger partial charge in [-0.05, 0) is 31.2 Å². The fourth-order valence-corrected chi connectivity index (χ4v) is 2.22. The van der Waals surface area contributed by atoms with E-state index in [1.165, 1.54) is 36.0 Å². The van der Waals surface area contributed by atoms with E-state index in [4.69, 9.17) is 0 Å². The monoisotopic (exact) mass is 250 g/mol. The van der Waals surface area contributed by atoms with Gasteiger partial charge in [0.25, 0.3) is 0 Å². The number of ketones is 1. The second-order valence-corrected chi connectivity index (χ2v) is 4.86. The number of aromatic nitrogens is 2. The number of Topliss-reactive ketones (excluding diaryl/α,β-unsaturated/α-hetero) is 1. The summed E-state index contributed by atoms with van der Waals surface area (Å²) < 4.78 is 12.7. The smallest absolute Gasteiger partial charge is 0.175 e. The number of imidazole rings is 1. The van der Waals surface area contributed by atoms with Crippen molar-refractivity contribution < 1.29 is 9.18 Å². The second kappa shape index (κ2) is 5.14. The van der Waals surface area contributed by atoms with Gasteiger partial charge in [0.15, 0.2) is 10.9 Å². The largest absolute Gasteiger partial charge is 0.340 e. The molecule has 1 atom stereocenters. The molecule has 1 heterocycles. The van der Waals surface area contributed by atoms with Crippen molar-refractivity contribution in [2.75, 3.05) is 0 Å². The summed E-state index contributed by atoms with van der Waals surface area (Å²) in [6.45, 7) is 1.80. The Morgan fingerprint density at radius 1 is 1.41 bits per heavy atom. The lowest BCUT2D eigenvalue weighted by atomic mass is 10.1. The fourth-order valence-electron chi connectivity index (χ4n) is 1.39. The summed E-state index contributed by atoms with van der Waals surface area (Å²) in [6, 6.07) is 5.57. The minimum Gasteiger partial charge on any atom is -0.340 e. The number of nitrogens with zero attached hydrogens (tertiary/aromatic N) is 1. The van der Waals surface area contributed by atoms with Gasteiger partial charge in [-0.3, -0.25) is 4.79 Å². The first kappa shape index (κ1) is 11.9. The lowest BCUT2D eigenvalue weighted by Gasteiger charge is -2.08. The third-order valence-corrected chi connectivity index (χ3v) is 3.27. The van der Waals surface area contributed by atoms with Crippen LogP contribution in [0.4, 0.5) is 4.39 Å². The van der Waals surface area contributed by atoms with E-state index in [9.17, 15) is 9.18 Å². The van der Waals surface area contributed by atoms with Crippen molar-refractivity contribution >= 4 is 17.5 Å². The van der Waals surface area contributed by atoms with Gasteiger partial charge in [-0.25, -0.2) is 9.37 Å². The molecule has 0 aliphatic heterocycles. The molecular formula is C12H11FN2OS. The highest BCUT2D eigenvalue weighted by molar-refractivity contribution is 8.00. The molecule has 5 heteroatoms. The molecule has 0 saturated carbocycles. The molecule has 2 aromatic rings. The molecular weight excluding hydrogens is 239 g/mol. The van der Waals surface area contributed by atoms with E-state index in [0.29, 0.717) is 10.7 Å². The maximum atomic E-state index is 12.7. The van der Waals surface area contributed by atoms with Crippen molar-refractivity contribution in [2.45, 2.75) is 17.3 Å². The van der Waals surface area contributed by atoms with E-state index >= 15 is 0 Å². The SMILES string of the molecule is CC(Sc1ncc[nH]1)C(=O)c1ccc(F)cc1. The lowest BCUT2D eigenvalue weighted by Crippen LogP contribution is -2.13. The molecule has 0 fully saturated rings. The van der Waals surface area contributed by atoms with E-state index in [0.717, 1.165) is 0 Å². The maximum absolute atomic E-state index is 12.7. The molecule has 1 N–H and O–H groups in total. The van der Waals surface area contributed by atoms with Gasteiger partial charge >= 0.3 is 0 Å². The number of thioether (sulfide) groups is 1. The van der Waals surface area contributed by atoms with Crippen LogP contribution in [0.5, 0.6) is 0 Å². The van der Waals surface area contributed by atoms with E-state index < -0.39 is 0 Å². The van der Waals surface area contributed by atoms with Crippen molar-refractivity contribution in [1.29, 1.82) is 0 Å². The highest BCUT2D eigenvalue weighted by Crippen LogP contribution is 2.22. The molecule has 0 radical (unpaired) electrons.